The summed E-state index contributed by atoms with van der Waals surface area (Å²) in [7, 11) is 0. The van der Waals surface area contributed by atoms with Crippen molar-refractivity contribution in [3.63, 3.8) is 0 Å². The zero-order chi connectivity index (χ0) is 40.2. The molecule has 4 nitrogen and oxygen atoms in total. The third-order valence-corrected chi connectivity index (χ3v) is 12.2. The van der Waals surface area contributed by atoms with E-state index in [1.807, 2.05) is 12.1 Å². The third kappa shape index (κ3) is 7.99. The van der Waals surface area contributed by atoms with Crippen LogP contribution in [0.1, 0.15) is 85.2 Å². The molecule has 0 saturated heterocycles. The van der Waals surface area contributed by atoms with Gasteiger partial charge in [0.1, 0.15) is 11.5 Å². The number of hydrogen-bond donors (Lipinski definition) is 2. The van der Waals surface area contributed by atoms with Gasteiger partial charge in [0.2, 0.25) is 0 Å². The minimum atomic E-state index is 0.142. The van der Waals surface area contributed by atoms with E-state index in [2.05, 4.69) is 195 Å². The van der Waals surface area contributed by atoms with E-state index < -0.39 is 0 Å². The van der Waals surface area contributed by atoms with Crippen LogP contribution in [0.15, 0.2) is 182 Å². The lowest BCUT2D eigenvalue weighted by Crippen LogP contribution is -2.29. The quantitative estimate of drug-likeness (QED) is 0.123. The average Bonchev–Trinajstić information content (AvgIpc) is 3.28. The van der Waals surface area contributed by atoms with E-state index >= 15 is 0 Å². The summed E-state index contributed by atoms with van der Waals surface area (Å²) < 4.78 is 0. The van der Waals surface area contributed by atoms with E-state index in [0.29, 0.717) is 11.1 Å². The van der Waals surface area contributed by atoms with Crippen LogP contribution in [0.2, 0.25) is 0 Å². The van der Waals surface area contributed by atoms with E-state index in [4.69, 9.17) is 0 Å². The number of aromatic hydroxyl groups is 2. The molecule has 0 fully saturated rings. The predicted octanol–water partition coefficient (Wildman–Crippen LogP) is 13.7. The van der Waals surface area contributed by atoms with Crippen molar-refractivity contribution in [3.05, 3.63) is 215 Å². The predicted molar refractivity (Wildman–Crippen MR) is 241 cm³/mol. The van der Waals surface area contributed by atoms with E-state index in [1.165, 1.54) is 33.4 Å². The van der Waals surface area contributed by atoms with Gasteiger partial charge in [0.05, 0.1) is 0 Å². The molecule has 0 aliphatic heterocycles. The summed E-state index contributed by atoms with van der Waals surface area (Å²) in [5.41, 5.74) is 8.75. The van der Waals surface area contributed by atoms with Gasteiger partial charge in [0, 0.05) is 48.4 Å². The summed E-state index contributed by atoms with van der Waals surface area (Å²) in [6, 6.07) is 64.0. The number of hydrogen-bond acceptors (Lipinski definition) is 4. The molecule has 4 unspecified atom stereocenters. The normalized spacial score (nSPS) is 13.8. The lowest BCUT2D eigenvalue weighted by atomic mass is 9.90. The van der Waals surface area contributed by atoms with Crippen LogP contribution in [0.3, 0.4) is 0 Å². The van der Waals surface area contributed by atoms with Crippen molar-refractivity contribution in [2.24, 2.45) is 0 Å². The summed E-state index contributed by atoms with van der Waals surface area (Å²) in [5, 5.41) is 26.9. The molecule has 0 aromatic heterocycles. The Labute approximate surface area is 343 Å². The van der Waals surface area contributed by atoms with Crippen LogP contribution in [0.25, 0.3) is 32.7 Å². The highest BCUT2D eigenvalue weighted by Gasteiger charge is 2.26. The Morgan fingerprint density at radius 3 is 0.948 bits per heavy atom. The number of phenols is 2. The maximum atomic E-state index is 11.5. The first-order valence-corrected chi connectivity index (χ1v) is 20.5. The first kappa shape index (κ1) is 38.7. The smallest absolute Gasteiger partial charge is 0.124 e. The molecule has 0 aliphatic carbocycles. The molecule has 0 spiro atoms. The van der Waals surface area contributed by atoms with Gasteiger partial charge >= 0.3 is 0 Å². The van der Waals surface area contributed by atoms with Gasteiger partial charge in [-0.1, -0.05) is 158 Å². The van der Waals surface area contributed by atoms with Crippen molar-refractivity contribution in [1.29, 1.82) is 0 Å². The van der Waals surface area contributed by atoms with Crippen molar-refractivity contribution in [2.45, 2.75) is 65.0 Å². The van der Waals surface area contributed by atoms with Crippen molar-refractivity contribution >= 4 is 21.5 Å². The Bertz CT molecular complexity index is 2340. The van der Waals surface area contributed by atoms with Crippen LogP contribution in [0, 0.1) is 0 Å². The van der Waals surface area contributed by atoms with Crippen molar-refractivity contribution in [2.75, 3.05) is 0 Å². The summed E-state index contributed by atoms with van der Waals surface area (Å²) in [5.74, 6) is 0.285. The fraction of sp³-hybridized carbons (Fsp3) is 0.185. The van der Waals surface area contributed by atoms with Crippen molar-refractivity contribution in [1.82, 2.24) is 9.80 Å². The number of phenolic OH excluding ortho intramolecular Hbond substituents is 2. The number of nitrogens with zero attached hydrogens (tertiary/aromatic N) is 2. The van der Waals surface area contributed by atoms with Crippen molar-refractivity contribution in [3.8, 4) is 22.6 Å². The molecular weight excluding hydrogens is 709 g/mol. The van der Waals surface area contributed by atoms with Gasteiger partial charge in [-0.25, -0.2) is 0 Å². The molecule has 0 saturated carbocycles. The molecule has 0 amide bonds. The van der Waals surface area contributed by atoms with E-state index in [-0.39, 0.29) is 35.7 Å². The van der Waals surface area contributed by atoms with Crippen LogP contribution < -0.4 is 0 Å². The van der Waals surface area contributed by atoms with E-state index in [0.717, 1.165) is 34.6 Å². The number of fused-ring (bicyclic) bond motifs is 2. The maximum Gasteiger partial charge on any atom is 0.124 e. The lowest BCUT2D eigenvalue weighted by Gasteiger charge is -2.35. The van der Waals surface area contributed by atoms with Crippen LogP contribution in [0.4, 0.5) is 0 Å². The molecule has 0 heterocycles. The largest absolute Gasteiger partial charge is 0.507 e. The fourth-order valence-electron chi connectivity index (χ4n) is 8.79. The average molecular weight is 761 g/mol. The van der Waals surface area contributed by atoms with Gasteiger partial charge in [-0.3, -0.25) is 9.80 Å². The van der Waals surface area contributed by atoms with E-state index in [9.17, 15) is 10.2 Å². The zero-order valence-electron chi connectivity index (χ0n) is 33.8. The summed E-state index contributed by atoms with van der Waals surface area (Å²) in [6.07, 6.45) is 0. The molecule has 290 valence electrons. The van der Waals surface area contributed by atoms with Gasteiger partial charge in [-0.15, -0.1) is 0 Å². The van der Waals surface area contributed by atoms with Crippen LogP contribution >= 0.6 is 0 Å². The van der Waals surface area contributed by atoms with Crippen molar-refractivity contribution < 1.29 is 10.2 Å². The maximum absolute atomic E-state index is 11.5. The van der Waals surface area contributed by atoms with Crippen LogP contribution in [-0.2, 0) is 13.1 Å². The molecular formula is C54H52N2O2. The topological polar surface area (TPSA) is 46.9 Å². The molecule has 0 radical (unpaired) electrons. The Balaban J connectivity index is 1.14. The first-order valence-electron chi connectivity index (χ1n) is 20.5. The van der Waals surface area contributed by atoms with Gasteiger partial charge in [-0.2, -0.15) is 0 Å². The molecule has 8 aromatic rings. The Kier molecular flexibility index (Phi) is 11.4. The first-order chi connectivity index (χ1) is 28.3. The highest BCUT2D eigenvalue weighted by Crippen LogP contribution is 2.45. The molecule has 8 rings (SSSR count). The van der Waals surface area contributed by atoms with E-state index in [1.54, 1.807) is 12.1 Å². The van der Waals surface area contributed by atoms with Gasteiger partial charge < -0.3 is 10.2 Å². The minimum Gasteiger partial charge on any atom is -0.507 e. The van der Waals surface area contributed by atoms with Crippen LogP contribution in [-0.4, -0.2) is 20.0 Å². The molecule has 58 heavy (non-hydrogen) atoms. The summed E-state index contributed by atoms with van der Waals surface area (Å²) in [6.45, 7) is 10.6. The number of rotatable bonds is 13. The highest BCUT2D eigenvalue weighted by molar-refractivity contribution is 6.09. The van der Waals surface area contributed by atoms with Gasteiger partial charge in [0.15, 0.2) is 0 Å². The molecule has 0 bridgehead atoms. The highest BCUT2D eigenvalue weighted by atomic mass is 16.3. The standard InChI is InChI=1S/C54H52N2O2/c1-37(43-17-9-5-10-18-43)55(38(2)44-19-11-6-12-20-44)35-41-25-29-49-47(33-41)27-31-51(57)53(49)54-50-30-26-42(34-48(50)28-32-52(54)58)36-56(39(3)45-21-13-7-14-22-45)40(4)46-23-15-8-16-24-46/h5-34,37-40,57-58H,35-36H2,1-4H3. The number of benzene rings is 8. The van der Waals surface area contributed by atoms with Gasteiger partial charge in [-0.05, 0) is 107 Å². The second-order valence-electron chi connectivity index (χ2n) is 15.7. The molecule has 2 N–H and O–H groups in total. The molecule has 4 atom stereocenters. The summed E-state index contributed by atoms with van der Waals surface area (Å²) in [4.78, 5) is 5.09. The Morgan fingerprint density at radius 1 is 0.362 bits per heavy atom. The Hall–Kier alpha value is -6.20. The molecule has 8 aromatic carbocycles. The second-order valence-corrected chi connectivity index (χ2v) is 15.7. The monoisotopic (exact) mass is 760 g/mol. The molecule has 4 heteroatoms. The SMILES string of the molecule is CC(c1ccccc1)N(Cc1ccc2c(-c3c(O)ccc4cc(CN(C(C)c5ccccc5)C(C)c5ccccc5)ccc34)c(O)ccc2c1)C(C)c1ccccc1. The third-order valence-electron chi connectivity index (χ3n) is 12.2. The second kappa shape index (κ2) is 17.1. The minimum absolute atomic E-state index is 0.142. The van der Waals surface area contributed by atoms with Crippen LogP contribution in [0.5, 0.6) is 11.5 Å². The Morgan fingerprint density at radius 2 is 0.655 bits per heavy atom. The summed E-state index contributed by atoms with van der Waals surface area (Å²) >= 11 is 0. The molecule has 0 aliphatic rings. The fourth-order valence-corrected chi connectivity index (χ4v) is 8.79. The van der Waals surface area contributed by atoms with Gasteiger partial charge in [0.25, 0.3) is 0 Å². The lowest BCUT2D eigenvalue weighted by molar-refractivity contribution is 0.145. The zero-order valence-corrected chi connectivity index (χ0v) is 33.8.